The summed E-state index contributed by atoms with van der Waals surface area (Å²) < 4.78 is 10.7. The van der Waals surface area contributed by atoms with E-state index in [9.17, 15) is 0 Å². The lowest BCUT2D eigenvalue weighted by Crippen LogP contribution is -2.41. The van der Waals surface area contributed by atoms with Crippen molar-refractivity contribution in [1.82, 2.24) is 5.32 Å². The van der Waals surface area contributed by atoms with Crippen LogP contribution in [0.2, 0.25) is 0 Å². The number of hydrogen-bond donors (Lipinski definition) is 1. The zero-order valence-corrected chi connectivity index (χ0v) is 15.2. The van der Waals surface area contributed by atoms with Gasteiger partial charge in [-0.1, -0.05) is 26.8 Å². The van der Waals surface area contributed by atoms with Gasteiger partial charge in [-0.15, -0.1) is 12.4 Å². The molecule has 0 aliphatic heterocycles. The second-order valence-electron chi connectivity index (χ2n) is 7.15. The largest absolute Gasteiger partial charge is 0.497 e. The van der Waals surface area contributed by atoms with E-state index in [1.807, 2.05) is 12.1 Å². The number of halogens is 1. The summed E-state index contributed by atoms with van der Waals surface area (Å²) >= 11 is 0. The SMILES string of the molecule is COc1ccc(CNC(C)(C)CC(C)(C)C)c(OC)c1.Cl. The zero-order chi connectivity index (χ0) is 15.4. The molecule has 0 unspecified atom stereocenters. The van der Waals surface area contributed by atoms with E-state index in [0.717, 1.165) is 30.0 Å². The molecule has 0 atom stereocenters. The molecule has 4 heteroatoms. The monoisotopic (exact) mass is 315 g/mol. The number of ether oxygens (including phenoxy) is 2. The topological polar surface area (TPSA) is 30.5 Å². The Kier molecular flexibility index (Phi) is 7.55. The summed E-state index contributed by atoms with van der Waals surface area (Å²) in [5.41, 5.74) is 1.54. The fourth-order valence-corrected chi connectivity index (χ4v) is 2.72. The number of methoxy groups -OCH3 is 2. The highest BCUT2D eigenvalue weighted by atomic mass is 35.5. The maximum absolute atomic E-state index is 5.43. The molecule has 0 aromatic heterocycles. The fourth-order valence-electron chi connectivity index (χ4n) is 2.72. The van der Waals surface area contributed by atoms with Crippen molar-refractivity contribution in [2.75, 3.05) is 14.2 Å². The first-order valence-electron chi connectivity index (χ1n) is 7.13. The number of benzene rings is 1. The Morgan fingerprint density at radius 3 is 2.10 bits per heavy atom. The number of nitrogens with one attached hydrogen (secondary N) is 1. The molecule has 0 amide bonds. The van der Waals surface area contributed by atoms with Crippen molar-refractivity contribution in [3.8, 4) is 11.5 Å². The second-order valence-corrected chi connectivity index (χ2v) is 7.15. The Balaban J connectivity index is 0.00000400. The summed E-state index contributed by atoms with van der Waals surface area (Å²) in [5, 5.41) is 3.62. The Hall–Kier alpha value is -0.930. The van der Waals surface area contributed by atoms with Gasteiger partial charge in [-0.2, -0.15) is 0 Å². The van der Waals surface area contributed by atoms with E-state index in [-0.39, 0.29) is 17.9 Å². The Labute approximate surface area is 135 Å². The van der Waals surface area contributed by atoms with E-state index in [1.165, 1.54) is 0 Å². The average molecular weight is 316 g/mol. The molecule has 0 aliphatic carbocycles. The molecule has 122 valence electrons. The predicted molar refractivity (Wildman–Crippen MR) is 91.8 cm³/mol. The molecule has 0 spiro atoms. The van der Waals surface area contributed by atoms with Gasteiger partial charge < -0.3 is 14.8 Å². The van der Waals surface area contributed by atoms with Gasteiger partial charge in [-0.3, -0.25) is 0 Å². The second kappa shape index (κ2) is 7.90. The molecule has 0 heterocycles. The molecule has 0 bridgehead atoms. The van der Waals surface area contributed by atoms with E-state index in [1.54, 1.807) is 14.2 Å². The molecule has 3 nitrogen and oxygen atoms in total. The molecule has 1 aromatic carbocycles. The third kappa shape index (κ3) is 7.05. The van der Waals surface area contributed by atoms with Crippen LogP contribution in [0.5, 0.6) is 11.5 Å². The van der Waals surface area contributed by atoms with Crippen molar-refractivity contribution in [3.63, 3.8) is 0 Å². The van der Waals surface area contributed by atoms with Gasteiger partial charge in [0.05, 0.1) is 14.2 Å². The van der Waals surface area contributed by atoms with Crippen LogP contribution in [0.1, 0.15) is 46.6 Å². The van der Waals surface area contributed by atoms with Crippen LogP contribution in [0.25, 0.3) is 0 Å². The van der Waals surface area contributed by atoms with Crippen molar-refractivity contribution in [1.29, 1.82) is 0 Å². The number of hydrogen-bond acceptors (Lipinski definition) is 3. The van der Waals surface area contributed by atoms with Gasteiger partial charge in [0.25, 0.3) is 0 Å². The van der Waals surface area contributed by atoms with Crippen LogP contribution >= 0.6 is 12.4 Å². The molecule has 0 fully saturated rings. The van der Waals surface area contributed by atoms with Crippen molar-refractivity contribution in [2.24, 2.45) is 5.41 Å². The zero-order valence-electron chi connectivity index (χ0n) is 14.4. The van der Waals surface area contributed by atoms with Crippen LogP contribution in [0, 0.1) is 5.41 Å². The summed E-state index contributed by atoms with van der Waals surface area (Å²) in [6.07, 6.45) is 1.11. The molecule has 1 N–H and O–H groups in total. The van der Waals surface area contributed by atoms with Crippen LogP contribution in [0.3, 0.4) is 0 Å². The van der Waals surface area contributed by atoms with Crippen LogP contribution < -0.4 is 14.8 Å². The van der Waals surface area contributed by atoms with Gasteiger partial charge >= 0.3 is 0 Å². The van der Waals surface area contributed by atoms with Crippen molar-refractivity contribution >= 4 is 12.4 Å². The van der Waals surface area contributed by atoms with Crippen LogP contribution in [0.4, 0.5) is 0 Å². The lowest BCUT2D eigenvalue weighted by molar-refractivity contribution is 0.240. The minimum absolute atomic E-state index is 0. The van der Waals surface area contributed by atoms with Gasteiger partial charge in [0, 0.05) is 23.7 Å². The molecular formula is C17H30ClNO2. The lowest BCUT2D eigenvalue weighted by atomic mass is 9.82. The average Bonchev–Trinajstić information content (AvgIpc) is 2.33. The maximum Gasteiger partial charge on any atom is 0.127 e. The van der Waals surface area contributed by atoms with Gasteiger partial charge in [-0.05, 0) is 31.7 Å². The third-order valence-corrected chi connectivity index (χ3v) is 3.22. The van der Waals surface area contributed by atoms with E-state index in [4.69, 9.17) is 9.47 Å². The fraction of sp³-hybridized carbons (Fsp3) is 0.647. The summed E-state index contributed by atoms with van der Waals surface area (Å²) in [6.45, 7) is 12.1. The standard InChI is InChI=1S/C17H29NO2.ClH/c1-16(2,3)12-17(4,5)18-11-13-8-9-14(19-6)10-15(13)20-7;/h8-10,18H,11-12H2,1-7H3;1H. The molecule has 1 rings (SSSR count). The quantitative estimate of drug-likeness (QED) is 0.842. The van der Waals surface area contributed by atoms with E-state index in [2.05, 4.69) is 46.0 Å². The van der Waals surface area contributed by atoms with Gasteiger partial charge in [0.2, 0.25) is 0 Å². The smallest absolute Gasteiger partial charge is 0.127 e. The van der Waals surface area contributed by atoms with E-state index < -0.39 is 0 Å². The predicted octanol–water partition coefficient (Wildman–Crippen LogP) is 4.43. The molecule has 0 aliphatic rings. The molecule has 0 radical (unpaired) electrons. The Morgan fingerprint density at radius 1 is 1.00 bits per heavy atom. The summed E-state index contributed by atoms with van der Waals surface area (Å²) in [4.78, 5) is 0. The van der Waals surface area contributed by atoms with Crippen LogP contribution in [-0.4, -0.2) is 19.8 Å². The summed E-state index contributed by atoms with van der Waals surface area (Å²) in [5.74, 6) is 1.68. The van der Waals surface area contributed by atoms with Gasteiger partial charge in [-0.25, -0.2) is 0 Å². The number of rotatable bonds is 6. The molecule has 0 saturated carbocycles. The summed E-state index contributed by atoms with van der Waals surface area (Å²) in [6, 6.07) is 5.95. The molecule has 0 saturated heterocycles. The highest BCUT2D eigenvalue weighted by Crippen LogP contribution is 2.29. The molecular weight excluding hydrogens is 286 g/mol. The van der Waals surface area contributed by atoms with Gasteiger partial charge in [0.15, 0.2) is 0 Å². The first-order valence-corrected chi connectivity index (χ1v) is 7.13. The Bertz CT molecular complexity index is 439. The van der Waals surface area contributed by atoms with Gasteiger partial charge in [0.1, 0.15) is 11.5 Å². The van der Waals surface area contributed by atoms with Crippen molar-refractivity contribution in [2.45, 2.75) is 53.1 Å². The summed E-state index contributed by atoms with van der Waals surface area (Å²) in [7, 11) is 3.36. The lowest BCUT2D eigenvalue weighted by Gasteiger charge is -2.33. The third-order valence-electron chi connectivity index (χ3n) is 3.22. The minimum Gasteiger partial charge on any atom is -0.497 e. The van der Waals surface area contributed by atoms with Crippen molar-refractivity contribution in [3.05, 3.63) is 23.8 Å². The van der Waals surface area contributed by atoms with Crippen LogP contribution in [0.15, 0.2) is 18.2 Å². The first-order chi connectivity index (χ1) is 9.17. The first kappa shape index (κ1) is 20.1. The minimum atomic E-state index is 0. The maximum atomic E-state index is 5.43. The van der Waals surface area contributed by atoms with E-state index >= 15 is 0 Å². The van der Waals surface area contributed by atoms with Crippen LogP contribution in [-0.2, 0) is 6.54 Å². The molecule has 1 aromatic rings. The normalized spacial score (nSPS) is 11.8. The van der Waals surface area contributed by atoms with Crippen molar-refractivity contribution < 1.29 is 9.47 Å². The Morgan fingerprint density at radius 2 is 1.62 bits per heavy atom. The van der Waals surface area contributed by atoms with E-state index in [0.29, 0.717) is 5.41 Å². The molecule has 21 heavy (non-hydrogen) atoms. The highest BCUT2D eigenvalue weighted by molar-refractivity contribution is 5.85. The highest BCUT2D eigenvalue weighted by Gasteiger charge is 2.25.